The summed E-state index contributed by atoms with van der Waals surface area (Å²) >= 11 is 0. The highest BCUT2D eigenvalue weighted by atomic mass is 19.3. The molecule has 0 saturated carbocycles. The van der Waals surface area contributed by atoms with Crippen LogP contribution >= 0.6 is 0 Å². The van der Waals surface area contributed by atoms with Gasteiger partial charge in [-0.15, -0.1) is 0 Å². The van der Waals surface area contributed by atoms with Crippen molar-refractivity contribution in [2.45, 2.75) is 45.6 Å². The molecule has 0 atom stereocenters. The van der Waals surface area contributed by atoms with Crippen molar-refractivity contribution < 1.29 is 17.9 Å². The van der Waals surface area contributed by atoms with Crippen LogP contribution in [0.25, 0.3) is 10.8 Å². The number of aryl methyl sites for hydroxylation is 3. The predicted molar refractivity (Wildman–Crippen MR) is 135 cm³/mol. The van der Waals surface area contributed by atoms with Gasteiger partial charge in [0.15, 0.2) is 0 Å². The van der Waals surface area contributed by atoms with E-state index in [9.17, 15) is 8.78 Å². The number of unbranched alkanes of at least 4 members (excludes halogenated alkanes) is 1. The number of halogens is 3. The SMILES string of the molecule is CCCCc1ccc(CCc2ccc3c(F)c(C#Cc4ccc(OC(F)F)cc4)ccc3c2)cc1. The second kappa shape index (κ2) is 11.6. The van der Waals surface area contributed by atoms with Crippen LogP contribution < -0.4 is 4.74 Å². The molecular weight excluding hydrogens is 445 g/mol. The predicted octanol–water partition coefficient (Wildman–Crippen LogP) is 8.11. The number of benzene rings is 4. The van der Waals surface area contributed by atoms with E-state index in [1.807, 2.05) is 24.3 Å². The highest BCUT2D eigenvalue weighted by Crippen LogP contribution is 2.23. The summed E-state index contributed by atoms with van der Waals surface area (Å²) in [6, 6.07) is 24.2. The number of hydrogen-bond donors (Lipinski definition) is 0. The number of ether oxygens (including phenoxy) is 1. The maximum Gasteiger partial charge on any atom is 0.387 e. The van der Waals surface area contributed by atoms with Crippen LogP contribution in [0.3, 0.4) is 0 Å². The second-order valence-electron chi connectivity index (χ2n) is 8.56. The molecule has 1 nitrogen and oxygen atoms in total. The zero-order chi connectivity index (χ0) is 24.6. The number of alkyl halides is 2. The van der Waals surface area contributed by atoms with E-state index in [-0.39, 0.29) is 11.6 Å². The summed E-state index contributed by atoms with van der Waals surface area (Å²) in [4.78, 5) is 0. The summed E-state index contributed by atoms with van der Waals surface area (Å²) in [6.45, 7) is -0.669. The van der Waals surface area contributed by atoms with E-state index in [1.54, 1.807) is 18.2 Å². The van der Waals surface area contributed by atoms with E-state index >= 15 is 4.39 Å². The van der Waals surface area contributed by atoms with Crippen molar-refractivity contribution in [1.82, 2.24) is 0 Å². The quantitative estimate of drug-likeness (QED) is 0.235. The van der Waals surface area contributed by atoms with Crippen LogP contribution in [0.1, 0.15) is 47.6 Å². The van der Waals surface area contributed by atoms with Gasteiger partial charge in [-0.1, -0.05) is 73.7 Å². The maximum absolute atomic E-state index is 15.1. The molecule has 4 heteroatoms. The summed E-state index contributed by atoms with van der Waals surface area (Å²) in [5.74, 6) is 5.42. The second-order valence-corrected chi connectivity index (χ2v) is 8.56. The average Bonchev–Trinajstić information content (AvgIpc) is 2.87. The van der Waals surface area contributed by atoms with Crippen molar-refractivity contribution in [3.63, 3.8) is 0 Å². The zero-order valence-corrected chi connectivity index (χ0v) is 19.7. The van der Waals surface area contributed by atoms with Gasteiger partial charge in [-0.25, -0.2) is 4.39 Å². The molecule has 4 aromatic carbocycles. The molecule has 0 aliphatic heterocycles. The fraction of sp³-hybridized carbons (Fsp3) is 0.226. The molecule has 4 aromatic rings. The lowest BCUT2D eigenvalue weighted by atomic mass is 9.98. The van der Waals surface area contributed by atoms with Gasteiger partial charge in [-0.2, -0.15) is 8.78 Å². The lowest BCUT2D eigenvalue weighted by Gasteiger charge is -2.07. The molecule has 4 rings (SSSR count). The smallest absolute Gasteiger partial charge is 0.387 e. The largest absolute Gasteiger partial charge is 0.435 e. The summed E-state index contributed by atoms with van der Waals surface area (Å²) in [6.07, 6.45) is 5.37. The van der Waals surface area contributed by atoms with E-state index in [4.69, 9.17) is 0 Å². The van der Waals surface area contributed by atoms with Gasteiger partial charge in [-0.3, -0.25) is 0 Å². The monoisotopic (exact) mass is 472 g/mol. The standard InChI is InChI=1S/C31H27F3O/c1-2-3-4-22-5-7-23(8-6-22)9-10-25-14-20-29-27(21-25)17-16-26(30(29)32)15-11-24-12-18-28(19-13-24)35-31(33)34/h5-8,12-14,16-21,31H,2-4,9-10H2,1H3. The third kappa shape index (κ3) is 6.67. The van der Waals surface area contributed by atoms with Crippen LogP contribution in [0.15, 0.2) is 78.9 Å². The Balaban J connectivity index is 1.43. The molecule has 0 fully saturated rings. The van der Waals surface area contributed by atoms with Crippen molar-refractivity contribution in [3.8, 4) is 17.6 Å². The van der Waals surface area contributed by atoms with Crippen LogP contribution in [-0.4, -0.2) is 6.61 Å². The van der Waals surface area contributed by atoms with Crippen molar-refractivity contribution in [1.29, 1.82) is 0 Å². The van der Waals surface area contributed by atoms with E-state index in [0.717, 1.165) is 30.2 Å². The Labute approximate surface area is 204 Å². The third-order valence-electron chi connectivity index (χ3n) is 5.98. The van der Waals surface area contributed by atoms with Crippen LogP contribution in [0, 0.1) is 17.7 Å². The van der Waals surface area contributed by atoms with Gasteiger partial charge in [0.25, 0.3) is 0 Å². The first-order chi connectivity index (χ1) is 17.0. The third-order valence-corrected chi connectivity index (χ3v) is 5.98. The molecule has 0 unspecified atom stereocenters. The molecule has 0 aromatic heterocycles. The first-order valence-electron chi connectivity index (χ1n) is 11.9. The van der Waals surface area contributed by atoms with E-state index in [1.165, 1.54) is 36.1 Å². The van der Waals surface area contributed by atoms with Gasteiger partial charge in [0.05, 0.1) is 5.56 Å². The molecule has 35 heavy (non-hydrogen) atoms. The topological polar surface area (TPSA) is 9.23 Å². The zero-order valence-electron chi connectivity index (χ0n) is 19.7. The molecule has 0 amide bonds. The highest BCUT2D eigenvalue weighted by molar-refractivity contribution is 5.85. The van der Waals surface area contributed by atoms with E-state index < -0.39 is 6.61 Å². The van der Waals surface area contributed by atoms with Gasteiger partial charge in [0.2, 0.25) is 0 Å². The average molecular weight is 473 g/mol. The minimum atomic E-state index is -2.87. The van der Waals surface area contributed by atoms with Gasteiger partial charge < -0.3 is 4.74 Å². The Hall–Kier alpha value is -3.71. The molecule has 0 saturated heterocycles. The molecule has 178 valence electrons. The highest BCUT2D eigenvalue weighted by Gasteiger charge is 2.07. The molecule has 0 heterocycles. The number of fused-ring (bicyclic) bond motifs is 1. The fourth-order valence-electron chi connectivity index (χ4n) is 3.99. The van der Waals surface area contributed by atoms with Crippen molar-refractivity contribution in [2.75, 3.05) is 0 Å². The molecule has 0 aliphatic carbocycles. The van der Waals surface area contributed by atoms with Crippen molar-refractivity contribution in [2.24, 2.45) is 0 Å². The van der Waals surface area contributed by atoms with Crippen LogP contribution in [0.2, 0.25) is 0 Å². The maximum atomic E-state index is 15.1. The van der Waals surface area contributed by atoms with Crippen molar-refractivity contribution in [3.05, 3.63) is 112 Å². The molecule has 0 spiro atoms. The normalized spacial score (nSPS) is 10.9. The lowest BCUT2D eigenvalue weighted by Crippen LogP contribution is -2.01. The Morgan fingerprint density at radius 3 is 2.09 bits per heavy atom. The lowest BCUT2D eigenvalue weighted by molar-refractivity contribution is -0.0498. The summed E-state index contributed by atoms with van der Waals surface area (Å²) in [7, 11) is 0. The van der Waals surface area contributed by atoms with Gasteiger partial charge in [0, 0.05) is 10.9 Å². The number of hydrogen-bond acceptors (Lipinski definition) is 1. The Bertz CT molecular complexity index is 1330. The van der Waals surface area contributed by atoms with E-state index in [0.29, 0.717) is 16.5 Å². The summed E-state index contributed by atoms with van der Waals surface area (Å²) in [5.41, 5.74) is 4.72. The fourth-order valence-corrected chi connectivity index (χ4v) is 3.99. The minimum Gasteiger partial charge on any atom is -0.435 e. The van der Waals surface area contributed by atoms with Crippen LogP contribution in [0.5, 0.6) is 5.75 Å². The first kappa shape index (κ1) is 24.4. The van der Waals surface area contributed by atoms with Gasteiger partial charge >= 0.3 is 6.61 Å². The van der Waals surface area contributed by atoms with Gasteiger partial charge in [-0.05, 0) is 78.1 Å². The number of rotatable bonds is 8. The minimum absolute atomic E-state index is 0.0576. The summed E-state index contributed by atoms with van der Waals surface area (Å²) < 4.78 is 43.9. The summed E-state index contributed by atoms with van der Waals surface area (Å²) in [5, 5.41) is 1.37. The molecular formula is C31H27F3O. The van der Waals surface area contributed by atoms with E-state index in [2.05, 4.69) is 47.8 Å². The molecule has 0 radical (unpaired) electrons. The molecule has 0 N–H and O–H groups in total. The molecule has 0 bridgehead atoms. The first-order valence-corrected chi connectivity index (χ1v) is 11.9. The Morgan fingerprint density at radius 1 is 0.743 bits per heavy atom. The molecule has 0 aliphatic rings. The van der Waals surface area contributed by atoms with Crippen LogP contribution in [-0.2, 0) is 19.3 Å². The van der Waals surface area contributed by atoms with Gasteiger partial charge in [0.1, 0.15) is 11.6 Å². The van der Waals surface area contributed by atoms with Crippen LogP contribution in [0.4, 0.5) is 13.2 Å². The Morgan fingerprint density at radius 2 is 1.40 bits per heavy atom. The Kier molecular flexibility index (Phi) is 8.11. The van der Waals surface area contributed by atoms with Crippen molar-refractivity contribution >= 4 is 10.8 Å².